The van der Waals surface area contributed by atoms with Crippen LogP contribution in [0.25, 0.3) is 0 Å². The van der Waals surface area contributed by atoms with Crippen molar-refractivity contribution in [2.24, 2.45) is 5.92 Å². The molecule has 0 aliphatic rings. The molecule has 0 aromatic rings. The Hall–Kier alpha value is 0.757. The fourth-order valence-electron chi connectivity index (χ4n) is 3.77. The van der Waals surface area contributed by atoms with Crippen LogP contribution in [0.1, 0.15) is 111 Å². The number of rotatable bonds is 20. The van der Waals surface area contributed by atoms with Gasteiger partial charge in [-0.25, -0.2) is 4.39 Å². The van der Waals surface area contributed by atoms with Crippen LogP contribution >= 0.6 is 34.8 Å². The Morgan fingerprint density at radius 2 is 1.36 bits per heavy atom. The van der Waals surface area contributed by atoms with Crippen LogP contribution in [0.2, 0.25) is 6.04 Å². The normalized spacial score (nSPS) is 17.5. The number of hydrogen-bond acceptors (Lipinski definition) is 3. The first kappa shape index (κ1) is 33.8. The lowest BCUT2D eigenvalue weighted by Crippen LogP contribution is -2.53. The molecule has 33 heavy (non-hydrogen) atoms. The van der Waals surface area contributed by atoms with Crippen LogP contribution < -0.4 is 0 Å². The summed E-state index contributed by atoms with van der Waals surface area (Å²) in [5.74, 6) is -2.22. The van der Waals surface area contributed by atoms with E-state index in [-0.39, 0.29) is 18.4 Å². The van der Waals surface area contributed by atoms with Crippen LogP contribution in [0.5, 0.6) is 0 Å². The van der Waals surface area contributed by atoms with Crippen molar-refractivity contribution in [3.63, 3.8) is 0 Å². The van der Waals surface area contributed by atoms with E-state index in [4.69, 9.17) is 48.1 Å². The zero-order valence-corrected chi connectivity index (χ0v) is 24.2. The molecule has 0 aliphatic heterocycles. The van der Waals surface area contributed by atoms with E-state index in [1.807, 2.05) is 0 Å². The highest BCUT2D eigenvalue weighted by atomic mass is 35.6. The van der Waals surface area contributed by atoms with Gasteiger partial charge in [0.1, 0.15) is 0 Å². The number of unbranched alkanes of at least 4 members (excludes halogenated alkanes) is 7. The Morgan fingerprint density at radius 3 is 1.82 bits per heavy atom. The molecule has 0 rings (SSSR count). The molecule has 200 valence electrons. The molecule has 0 radical (unpaired) electrons. The van der Waals surface area contributed by atoms with Gasteiger partial charge in [0.05, 0.1) is 0 Å². The van der Waals surface area contributed by atoms with Gasteiger partial charge in [-0.1, -0.05) is 113 Å². The van der Waals surface area contributed by atoms with E-state index in [2.05, 4.69) is 6.92 Å². The van der Waals surface area contributed by atoms with E-state index < -0.39 is 31.0 Å². The minimum Gasteiger partial charge on any atom is -0.377 e. The van der Waals surface area contributed by atoms with Gasteiger partial charge in [-0.2, -0.15) is 8.78 Å². The van der Waals surface area contributed by atoms with E-state index in [1.54, 1.807) is 6.92 Å². The standard InChI is InChI=1S/C23H44Cl3F3O3Si/c1-6-9-10-11-12-13-14-15-16-20(19-22(24,25)26)17-18-21(4,27)31-33(8-3,30-5)32-23(28,29)7-2/h20H,6-19H2,1-5H3. The third-order valence-electron chi connectivity index (χ3n) is 5.81. The minimum absolute atomic E-state index is 0.0190. The summed E-state index contributed by atoms with van der Waals surface area (Å²) in [6.07, 6.45) is 6.96. The Labute approximate surface area is 215 Å². The van der Waals surface area contributed by atoms with Crippen LogP contribution in [0, 0.1) is 5.92 Å². The molecule has 0 aliphatic carbocycles. The monoisotopic (exact) mass is 558 g/mol. The number of alkyl halides is 6. The van der Waals surface area contributed by atoms with Gasteiger partial charge < -0.3 is 13.3 Å². The first-order chi connectivity index (χ1) is 15.2. The summed E-state index contributed by atoms with van der Waals surface area (Å²) >= 11 is 18.1. The maximum atomic E-state index is 15.3. The second-order valence-electron chi connectivity index (χ2n) is 9.03. The summed E-state index contributed by atoms with van der Waals surface area (Å²) in [4.78, 5) is 0. The maximum Gasteiger partial charge on any atom is 0.507 e. The first-order valence-corrected chi connectivity index (χ1v) is 15.4. The van der Waals surface area contributed by atoms with Crippen molar-refractivity contribution in [2.45, 2.75) is 133 Å². The van der Waals surface area contributed by atoms with E-state index in [9.17, 15) is 8.78 Å². The molecule has 0 saturated heterocycles. The van der Waals surface area contributed by atoms with Gasteiger partial charge in [0.25, 0.3) is 0 Å². The summed E-state index contributed by atoms with van der Waals surface area (Å²) in [5, 5.41) is 0. The van der Waals surface area contributed by atoms with E-state index in [1.165, 1.54) is 53.1 Å². The Kier molecular flexibility index (Phi) is 16.9. The molecule has 0 heterocycles. The molecule has 0 spiro atoms. The zero-order chi connectivity index (χ0) is 25.6. The molecule has 3 nitrogen and oxygen atoms in total. The molecule has 0 aromatic heterocycles. The van der Waals surface area contributed by atoms with Crippen molar-refractivity contribution >= 4 is 43.6 Å². The largest absolute Gasteiger partial charge is 0.507 e. The minimum atomic E-state index is -3.91. The van der Waals surface area contributed by atoms with Crippen LogP contribution in [-0.2, 0) is 13.3 Å². The van der Waals surface area contributed by atoms with E-state index in [0.29, 0.717) is 12.8 Å². The predicted octanol–water partition coefficient (Wildman–Crippen LogP) is 10.0. The molecular formula is C23H44Cl3F3O3Si. The quantitative estimate of drug-likeness (QED) is 0.0843. The molecule has 0 N–H and O–H groups in total. The van der Waals surface area contributed by atoms with Crippen molar-refractivity contribution in [2.75, 3.05) is 7.11 Å². The second-order valence-corrected chi connectivity index (χ2v) is 14.4. The smallest absolute Gasteiger partial charge is 0.377 e. The van der Waals surface area contributed by atoms with Gasteiger partial charge in [0, 0.05) is 26.0 Å². The summed E-state index contributed by atoms with van der Waals surface area (Å²) in [5.41, 5.74) is 0. The lowest BCUT2D eigenvalue weighted by atomic mass is 9.92. The summed E-state index contributed by atoms with van der Waals surface area (Å²) < 4.78 is 57.2. The average molecular weight is 560 g/mol. The fraction of sp³-hybridized carbons (Fsp3) is 1.00. The lowest BCUT2D eigenvalue weighted by Gasteiger charge is -2.36. The predicted molar refractivity (Wildman–Crippen MR) is 135 cm³/mol. The van der Waals surface area contributed by atoms with Gasteiger partial charge in [-0.05, 0) is 25.7 Å². The molecule has 0 saturated carbocycles. The maximum absolute atomic E-state index is 15.3. The second kappa shape index (κ2) is 16.5. The van der Waals surface area contributed by atoms with Crippen LogP contribution in [0.15, 0.2) is 0 Å². The van der Waals surface area contributed by atoms with Gasteiger partial charge in [-0.3, -0.25) is 0 Å². The third kappa shape index (κ3) is 17.0. The van der Waals surface area contributed by atoms with Gasteiger partial charge in [0.15, 0.2) is 3.79 Å². The van der Waals surface area contributed by atoms with Crippen LogP contribution in [-0.4, -0.2) is 31.7 Å². The van der Waals surface area contributed by atoms with Gasteiger partial charge in [0.2, 0.25) is 5.85 Å². The van der Waals surface area contributed by atoms with Crippen LogP contribution in [0.4, 0.5) is 13.2 Å². The van der Waals surface area contributed by atoms with Gasteiger partial charge in [-0.15, -0.1) is 0 Å². The molecule has 0 bridgehead atoms. The summed E-state index contributed by atoms with van der Waals surface area (Å²) in [6.45, 7) is 6.29. The van der Waals surface area contributed by atoms with E-state index in [0.717, 1.165) is 25.7 Å². The van der Waals surface area contributed by atoms with Crippen molar-refractivity contribution in [1.29, 1.82) is 0 Å². The van der Waals surface area contributed by atoms with Crippen LogP contribution in [0.3, 0.4) is 0 Å². The topological polar surface area (TPSA) is 27.7 Å². The summed E-state index contributed by atoms with van der Waals surface area (Å²) in [7, 11) is -2.69. The highest BCUT2D eigenvalue weighted by Crippen LogP contribution is 2.39. The molecule has 10 heteroatoms. The molecular weight excluding hydrogens is 516 g/mol. The zero-order valence-electron chi connectivity index (χ0n) is 21.0. The number of halogens is 6. The number of hydrogen-bond donors (Lipinski definition) is 0. The Bertz CT molecular complexity index is 505. The molecule has 3 unspecified atom stereocenters. The molecule has 0 fully saturated rings. The highest BCUT2D eigenvalue weighted by Gasteiger charge is 2.51. The first-order valence-electron chi connectivity index (χ1n) is 12.3. The van der Waals surface area contributed by atoms with E-state index >= 15 is 4.39 Å². The SMILES string of the molecule is CCCCCCCCCCC(CCC(C)(F)O[Si](CC)(OC)OC(F)(F)CC)CC(Cl)(Cl)Cl. The Balaban J connectivity index is 4.85. The average Bonchev–Trinajstić information content (AvgIpc) is 2.72. The molecule has 3 atom stereocenters. The van der Waals surface area contributed by atoms with Crippen molar-refractivity contribution in [1.82, 2.24) is 0 Å². The fourth-order valence-corrected chi connectivity index (χ4v) is 6.56. The van der Waals surface area contributed by atoms with Crippen molar-refractivity contribution in [3.05, 3.63) is 0 Å². The Morgan fingerprint density at radius 1 is 0.818 bits per heavy atom. The third-order valence-corrected chi connectivity index (χ3v) is 9.11. The van der Waals surface area contributed by atoms with Gasteiger partial charge >= 0.3 is 14.9 Å². The van der Waals surface area contributed by atoms with Crippen molar-refractivity contribution < 1.29 is 26.4 Å². The summed E-state index contributed by atoms with van der Waals surface area (Å²) in [6, 6.07) is 0.0223. The molecule has 0 aromatic carbocycles. The van der Waals surface area contributed by atoms with Crippen molar-refractivity contribution in [3.8, 4) is 0 Å². The highest BCUT2D eigenvalue weighted by molar-refractivity contribution is 6.67. The molecule has 0 amide bonds. The lowest BCUT2D eigenvalue weighted by molar-refractivity contribution is -0.224.